The van der Waals surface area contributed by atoms with E-state index < -0.39 is 0 Å². The second-order valence-corrected chi connectivity index (χ2v) is 4.40. The van der Waals surface area contributed by atoms with E-state index in [1.54, 1.807) is 24.5 Å². The molecule has 0 aliphatic rings. The third-order valence-corrected chi connectivity index (χ3v) is 2.89. The summed E-state index contributed by atoms with van der Waals surface area (Å²) in [5.74, 6) is 6.32. The van der Waals surface area contributed by atoms with E-state index in [2.05, 4.69) is 27.1 Å². The van der Waals surface area contributed by atoms with Crippen LogP contribution in [0.2, 0.25) is 0 Å². The molecule has 0 aliphatic carbocycles. The Kier molecular flexibility index (Phi) is 5.07. The first-order chi connectivity index (χ1) is 10.2. The van der Waals surface area contributed by atoms with Gasteiger partial charge < -0.3 is 15.6 Å². The molecule has 21 heavy (non-hydrogen) atoms. The summed E-state index contributed by atoms with van der Waals surface area (Å²) in [5.41, 5.74) is 6.40. The minimum absolute atomic E-state index is 0.206. The van der Waals surface area contributed by atoms with Gasteiger partial charge in [0.2, 0.25) is 0 Å². The first-order valence-electron chi connectivity index (χ1n) is 6.60. The number of hydrogen-bond acceptors (Lipinski definition) is 4. The van der Waals surface area contributed by atoms with Crippen LogP contribution in [0.5, 0.6) is 0 Å². The maximum atomic E-state index is 11.9. The van der Waals surface area contributed by atoms with E-state index in [0.29, 0.717) is 25.2 Å². The van der Waals surface area contributed by atoms with E-state index in [-0.39, 0.29) is 5.91 Å². The summed E-state index contributed by atoms with van der Waals surface area (Å²) in [5, 5.41) is 2.82. The summed E-state index contributed by atoms with van der Waals surface area (Å²) >= 11 is 0. The first-order valence-corrected chi connectivity index (χ1v) is 6.60. The normalized spacial score (nSPS) is 9.81. The second-order valence-electron chi connectivity index (χ2n) is 4.40. The molecule has 2 rings (SSSR count). The van der Waals surface area contributed by atoms with Crippen molar-refractivity contribution in [1.29, 1.82) is 0 Å². The van der Waals surface area contributed by atoms with Crippen molar-refractivity contribution in [3.05, 3.63) is 47.8 Å². The highest BCUT2D eigenvalue weighted by molar-refractivity contribution is 5.92. The Morgan fingerprint density at radius 2 is 2.29 bits per heavy atom. The minimum atomic E-state index is -0.206. The number of nitrogens with zero attached hydrogens (tertiary/aromatic N) is 3. The van der Waals surface area contributed by atoms with Gasteiger partial charge in [-0.1, -0.05) is 11.8 Å². The van der Waals surface area contributed by atoms with Gasteiger partial charge in [-0.25, -0.2) is 9.97 Å². The number of carbonyl (C=O) groups excluding carboxylic acids is 1. The van der Waals surface area contributed by atoms with Gasteiger partial charge in [-0.05, 0) is 12.1 Å². The van der Waals surface area contributed by atoms with Crippen molar-refractivity contribution in [2.24, 2.45) is 12.8 Å². The van der Waals surface area contributed by atoms with Crippen LogP contribution >= 0.6 is 0 Å². The van der Waals surface area contributed by atoms with Gasteiger partial charge in [0.15, 0.2) is 0 Å². The third-order valence-electron chi connectivity index (χ3n) is 2.89. The fourth-order valence-corrected chi connectivity index (χ4v) is 1.77. The molecule has 1 amide bonds. The lowest BCUT2D eigenvalue weighted by Gasteiger charge is -2.05. The van der Waals surface area contributed by atoms with Gasteiger partial charge in [0, 0.05) is 44.2 Å². The lowest BCUT2D eigenvalue weighted by molar-refractivity contribution is 0.0949. The average molecular weight is 283 g/mol. The number of nitrogens with one attached hydrogen (secondary N) is 1. The summed E-state index contributed by atoms with van der Waals surface area (Å²) in [6.07, 6.45) is 5.85. The summed E-state index contributed by atoms with van der Waals surface area (Å²) in [6, 6.07) is 3.40. The summed E-state index contributed by atoms with van der Waals surface area (Å²) in [7, 11) is 1.92. The number of rotatable bonds is 4. The Bertz CT molecular complexity index is 663. The zero-order valence-corrected chi connectivity index (χ0v) is 11.8. The van der Waals surface area contributed by atoms with E-state index in [1.807, 2.05) is 17.8 Å². The molecule has 0 fully saturated rings. The van der Waals surface area contributed by atoms with Crippen molar-refractivity contribution < 1.29 is 4.79 Å². The maximum absolute atomic E-state index is 11.9. The van der Waals surface area contributed by atoms with E-state index in [1.165, 1.54) is 0 Å². The molecule has 2 aromatic heterocycles. The van der Waals surface area contributed by atoms with Crippen LogP contribution < -0.4 is 11.1 Å². The number of imidazole rings is 1. The molecule has 6 heteroatoms. The van der Waals surface area contributed by atoms with Crippen molar-refractivity contribution in [1.82, 2.24) is 19.9 Å². The van der Waals surface area contributed by atoms with Crippen molar-refractivity contribution in [3.63, 3.8) is 0 Å². The fourth-order valence-electron chi connectivity index (χ4n) is 1.77. The van der Waals surface area contributed by atoms with Gasteiger partial charge >= 0.3 is 0 Å². The van der Waals surface area contributed by atoms with Gasteiger partial charge in [-0.3, -0.25) is 4.79 Å². The molecule has 0 spiro atoms. The lowest BCUT2D eigenvalue weighted by atomic mass is 10.2. The highest BCUT2D eigenvalue weighted by atomic mass is 16.1. The largest absolute Gasteiger partial charge is 0.350 e. The topological polar surface area (TPSA) is 85.8 Å². The van der Waals surface area contributed by atoms with Crippen molar-refractivity contribution in [2.45, 2.75) is 6.42 Å². The molecule has 0 atom stereocenters. The van der Waals surface area contributed by atoms with E-state index in [0.717, 1.165) is 11.4 Å². The Morgan fingerprint density at radius 1 is 1.43 bits per heavy atom. The first kappa shape index (κ1) is 14.8. The van der Waals surface area contributed by atoms with Crippen molar-refractivity contribution in [2.75, 3.05) is 13.1 Å². The Labute approximate surface area is 123 Å². The maximum Gasteiger partial charge on any atom is 0.269 e. The number of amides is 1. The summed E-state index contributed by atoms with van der Waals surface area (Å²) in [4.78, 5) is 20.2. The molecule has 2 aromatic rings. The monoisotopic (exact) mass is 283 g/mol. The molecule has 0 unspecified atom stereocenters. The number of aryl methyl sites for hydroxylation is 1. The van der Waals surface area contributed by atoms with Gasteiger partial charge in [-0.15, -0.1) is 0 Å². The molecule has 0 aromatic carbocycles. The molecule has 0 saturated heterocycles. The fraction of sp³-hybridized carbons (Fsp3) is 0.267. The smallest absolute Gasteiger partial charge is 0.269 e. The van der Waals surface area contributed by atoms with Crippen LogP contribution in [0.4, 0.5) is 0 Å². The Balaban J connectivity index is 1.87. The average Bonchev–Trinajstić information content (AvgIpc) is 2.91. The van der Waals surface area contributed by atoms with Gasteiger partial charge in [-0.2, -0.15) is 0 Å². The van der Waals surface area contributed by atoms with Crippen LogP contribution in [0, 0.1) is 11.8 Å². The number of carbonyl (C=O) groups is 1. The number of hydrogen-bond donors (Lipinski definition) is 2. The number of nitrogens with two attached hydrogens (primary N) is 1. The zero-order valence-electron chi connectivity index (χ0n) is 11.8. The van der Waals surface area contributed by atoms with Crippen LogP contribution in [0.3, 0.4) is 0 Å². The van der Waals surface area contributed by atoms with Crippen LogP contribution in [0.25, 0.3) is 0 Å². The molecule has 0 aliphatic heterocycles. The molecule has 6 nitrogen and oxygen atoms in total. The molecule has 0 radical (unpaired) electrons. The summed E-state index contributed by atoms with van der Waals surface area (Å²) < 4.78 is 1.93. The molecule has 108 valence electrons. The van der Waals surface area contributed by atoms with Gasteiger partial charge in [0.1, 0.15) is 11.5 Å². The van der Waals surface area contributed by atoms with Gasteiger partial charge in [0.05, 0.1) is 6.54 Å². The molecular formula is C15H17N5O. The molecule has 0 bridgehead atoms. The predicted molar refractivity (Wildman–Crippen MR) is 79.4 cm³/mol. The third kappa shape index (κ3) is 4.16. The quantitative estimate of drug-likeness (QED) is 0.779. The molecule has 3 N–H and O–H groups in total. The van der Waals surface area contributed by atoms with Crippen molar-refractivity contribution >= 4 is 5.91 Å². The molecule has 2 heterocycles. The SMILES string of the molecule is Cn1ccnc1CCNC(=O)c1ccc(C#CCN)cn1. The van der Waals surface area contributed by atoms with Crippen LogP contribution in [0.1, 0.15) is 21.9 Å². The Morgan fingerprint density at radius 3 is 2.90 bits per heavy atom. The number of aromatic nitrogens is 3. The molecule has 0 saturated carbocycles. The predicted octanol–water partition coefficient (Wildman–Crippen LogP) is 0.0978. The lowest BCUT2D eigenvalue weighted by Crippen LogP contribution is -2.27. The summed E-state index contributed by atoms with van der Waals surface area (Å²) in [6.45, 7) is 0.815. The molecular weight excluding hydrogens is 266 g/mol. The standard InChI is InChI=1S/C15H17N5O/c1-20-10-9-17-14(20)6-8-18-15(21)13-5-4-12(11-19-13)3-2-7-16/h4-5,9-11H,6-8,16H2,1H3,(H,18,21). The van der Waals surface area contributed by atoms with Crippen molar-refractivity contribution in [3.8, 4) is 11.8 Å². The second kappa shape index (κ2) is 7.22. The van der Waals surface area contributed by atoms with E-state index in [9.17, 15) is 4.79 Å². The highest BCUT2D eigenvalue weighted by Crippen LogP contribution is 1.99. The van der Waals surface area contributed by atoms with E-state index in [4.69, 9.17) is 5.73 Å². The van der Waals surface area contributed by atoms with Crippen LogP contribution in [0.15, 0.2) is 30.7 Å². The zero-order chi connectivity index (χ0) is 15.1. The highest BCUT2D eigenvalue weighted by Gasteiger charge is 2.07. The van der Waals surface area contributed by atoms with Gasteiger partial charge in [0.25, 0.3) is 5.91 Å². The van der Waals surface area contributed by atoms with Crippen LogP contribution in [-0.2, 0) is 13.5 Å². The Hall–Kier alpha value is -2.65. The van der Waals surface area contributed by atoms with Crippen LogP contribution in [-0.4, -0.2) is 33.5 Å². The minimum Gasteiger partial charge on any atom is -0.350 e. The van der Waals surface area contributed by atoms with E-state index >= 15 is 0 Å². The number of pyridine rings is 1.